The van der Waals surface area contributed by atoms with Gasteiger partial charge in [-0.15, -0.1) is 0 Å². The van der Waals surface area contributed by atoms with E-state index in [2.05, 4.69) is 11.0 Å². The van der Waals surface area contributed by atoms with Crippen molar-refractivity contribution >= 4 is 0 Å². The van der Waals surface area contributed by atoms with Crippen molar-refractivity contribution in [2.24, 2.45) is 5.92 Å². The Hall–Kier alpha value is -0.840. The van der Waals surface area contributed by atoms with E-state index in [-0.39, 0.29) is 0 Å². The maximum Gasteiger partial charge on any atom is 0.0947 e. The van der Waals surface area contributed by atoms with Gasteiger partial charge in [-0.3, -0.25) is 4.90 Å². The Balaban J connectivity index is 1.25. The molecule has 1 aromatic rings. The first-order chi connectivity index (χ1) is 10.4. The predicted octanol–water partition coefficient (Wildman–Crippen LogP) is 2.83. The van der Waals surface area contributed by atoms with E-state index < -0.39 is 0 Å². The van der Waals surface area contributed by atoms with Gasteiger partial charge in [0, 0.05) is 31.3 Å². The molecule has 116 valence electrons. The molecule has 3 heterocycles. The monoisotopic (exact) mass is 291 g/mol. The molecule has 0 radical (unpaired) electrons. The van der Waals surface area contributed by atoms with Crippen molar-refractivity contribution in [3.05, 3.63) is 24.2 Å². The zero-order valence-electron chi connectivity index (χ0n) is 12.6. The smallest absolute Gasteiger partial charge is 0.0947 e. The Morgan fingerprint density at radius 3 is 2.90 bits per heavy atom. The van der Waals surface area contributed by atoms with E-state index in [1.54, 1.807) is 6.26 Å². The number of hydrogen-bond acceptors (Lipinski definition) is 4. The quantitative estimate of drug-likeness (QED) is 0.807. The second-order valence-corrected chi connectivity index (χ2v) is 6.81. The normalized spacial score (nSPS) is 33.2. The predicted molar refractivity (Wildman–Crippen MR) is 79.0 cm³/mol. The number of hydrogen-bond donors (Lipinski definition) is 0. The van der Waals surface area contributed by atoms with E-state index in [1.165, 1.54) is 24.8 Å². The van der Waals surface area contributed by atoms with Crippen molar-refractivity contribution in [2.75, 3.05) is 19.8 Å². The Morgan fingerprint density at radius 1 is 1.14 bits per heavy atom. The van der Waals surface area contributed by atoms with Crippen LogP contribution >= 0.6 is 0 Å². The van der Waals surface area contributed by atoms with Crippen LogP contribution in [0, 0.1) is 5.92 Å². The van der Waals surface area contributed by atoms with Crippen LogP contribution in [0.2, 0.25) is 0 Å². The Bertz CT molecular complexity index is 443. The van der Waals surface area contributed by atoms with Gasteiger partial charge in [0.25, 0.3) is 0 Å². The van der Waals surface area contributed by atoms with Crippen molar-refractivity contribution < 1.29 is 13.9 Å². The van der Waals surface area contributed by atoms with Gasteiger partial charge in [-0.05, 0) is 44.1 Å². The SMILES string of the molecule is c1cc(CN2CC[C@H]3O[C@H](COCC4CC4)CC[C@H]32)co1. The highest BCUT2D eigenvalue weighted by molar-refractivity contribution is 5.07. The van der Waals surface area contributed by atoms with Crippen molar-refractivity contribution in [3.63, 3.8) is 0 Å². The lowest BCUT2D eigenvalue weighted by Crippen LogP contribution is -2.43. The van der Waals surface area contributed by atoms with Gasteiger partial charge >= 0.3 is 0 Å². The first kappa shape index (κ1) is 13.8. The molecule has 2 aliphatic heterocycles. The Kier molecular flexibility index (Phi) is 4.01. The Labute approximate surface area is 126 Å². The number of fused-ring (bicyclic) bond motifs is 1. The lowest BCUT2D eigenvalue weighted by Gasteiger charge is -2.35. The molecule has 0 amide bonds. The van der Waals surface area contributed by atoms with Crippen LogP contribution in [0.25, 0.3) is 0 Å². The largest absolute Gasteiger partial charge is 0.472 e. The summed E-state index contributed by atoms with van der Waals surface area (Å²) >= 11 is 0. The number of likely N-dealkylation sites (tertiary alicyclic amines) is 1. The minimum Gasteiger partial charge on any atom is -0.472 e. The van der Waals surface area contributed by atoms with E-state index in [4.69, 9.17) is 13.9 Å². The van der Waals surface area contributed by atoms with Crippen molar-refractivity contribution in [1.29, 1.82) is 0 Å². The minimum absolute atomic E-state index is 0.318. The zero-order chi connectivity index (χ0) is 14.1. The number of nitrogens with zero attached hydrogens (tertiary/aromatic N) is 1. The summed E-state index contributed by atoms with van der Waals surface area (Å²) < 4.78 is 17.3. The molecular formula is C17H25NO3. The highest BCUT2D eigenvalue weighted by atomic mass is 16.5. The maximum absolute atomic E-state index is 6.27. The second kappa shape index (κ2) is 6.11. The van der Waals surface area contributed by atoms with Gasteiger partial charge in [0.1, 0.15) is 0 Å². The summed E-state index contributed by atoms with van der Waals surface area (Å²) in [4.78, 5) is 2.55. The number of ether oxygens (including phenoxy) is 2. The Morgan fingerprint density at radius 2 is 2.10 bits per heavy atom. The summed E-state index contributed by atoms with van der Waals surface area (Å²) in [5, 5.41) is 0. The van der Waals surface area contributed by atoms with E-state index >= 15 is 0 Å². The molecule has 0 bridgehead atoms. The van der Waals surface area contributed by atoms with E-state index in [1.807, 2.05) is 6.26 Å². The molecule has 21 heavy (non-hydrogen) atoms. The molecule has 3 fully saturated rings. The van der Waals surface area contributed by atoms with Crippen molar-refractivity contribution in [3.8, 4) is 0 Å². The fourth-order valence-corrected chi connectivity index (χ4v) is 3.67. The molecule has 3 aliphatic rings. The summed E-state index contributed by atoms with van der Waals surface area (Å²) in [6.45, 7) is 3.86. The maximum atomic E-state index is 6.27. The highest BCUT2D eigenvalue weighted by Gasteiger charge is 2.39. The lowest BCUT2D eigenvalue weighted by molar-refractivity contribution is -0.101. The molecule has 3 atom stereocenters. The fourth-order valence-electron chi connectivity index (χ4n) is 3.67. The minimum atomic E-state index is 0.318. The third-order valence-corrected chi connectivity index (χ3v) is 5.07. The third kappa shape index (κ3) is 3.33. The van der Waals surface area contributed by atoms with Crippen LogP contribution in [0.5, 0.6) is 0 Å². The van der Waals surface area contributed by atoms with Crippen LogP contribution < -0.4 is 0 Å². The van der Waals surface area contributed by atoms with E-state index in [0.29, 0.717) is 18.2 Å². The third-order valence-electron chi connectivity index (χ3n) is 5.07. The van der Waals surface area contributed by atoms with Crippen LogP contribution in [-0.2, 0) is 16.0 Å². The molecule has 0 spiro atoms. The fraction of sp³-hybridized carbons (Fsp3) is 0.765. The van der Waals surface area contributed by atoms with Gasteiger partial charge in [-0.2, -0.15) is 0 Å². The average Bonchev–Trinajstić information content (AvgIpc) is 3.03. The molecule has 1 saturated carbocycles. The second-order valence-electron chi connectivity index (χ2n) is 6.81. The topological polar surface area (TPSA) is 34.8 Å². The van der Waals surface area contributed by atoms with Gasteiger partial charge in [0.15, 0.2) is 0 Å². The van der Waals surface area contributed by atoms with E-state index in [9.17, 15) is 0 Å². The summed E-state index contributed by atoms with van der Waals surface area (Å²) in [5.41, 5.74) is 1.27. The van der Waals surface area contributed by atoms with Gasteiger partial charge in [-0.25, -0.2) is 0 Å². The summed E-state index contributed by atoms with van der Waals surface area (Å²) in [6.07, 6.45) is 10.6. The van der Waals surface area contributed by atoms with Crippen LogP contribution in [-0.4, -0.2) is 42.9 Å². The number of furan rings is 1. The molecule has 4 nitrogen and oxygen atoms in total. The molecule has 1 aliphatic carbocycles. The van der Waals surface area contributed by atoms with Crippen molar-refractivity contribution in [1.82, 2.24) is 4.90 Å². The van der Waals surface area contributed by atoms with Crippen LogP contribution in [0.1, 0.15) is 37.7 Å². The number of rotatable bonds is 6. The van der Waals surface area contributed by atoms with Gasteiger partial charge < -0.3 is 13.9 Å². The summed E-state index contributed by atoms with van der Waals surface area (Å²) in [5.74, 6) is 0.846. The van der Waals surface area contributed by atoms with Crippen molar-refractivity contribution in [2.45, 2.75) is 56.9 Å². The molecule has 0 N–H and O–H groups in total. The van der Waals surface area contributed by atoms with Crippen LogP contribution in [0.15, 0.2) is 23.0 Å². The molecule has 4 rings (SSSR count). The van der Waals surface area contributed by atoms with Crippen LogP contribution in [0.3, 0.4) is 0 Å². The molecule has 0 unspecified atom stereocenters. The standard InChI is InChI=1S/C17H25NO3/c1-2-13(1)10-20-12-15-3-4-16-17(21-15)5-7-18(16)9-14-6-8-19-11-14/h6,8,11,13,15-17H,1-5,7,9-10,12H2/t15-,16+,17+/m0/s1. The molecular weight excluding hydrogens is 266 g/mol. The summed E-state index contributed by atoms with van der Waals surface area (Å²) in [7, 11) is 0. The first-order valence-corrected chi connectivity index (χ1v) is 8.37. The highest BCUT2D eigenvalue weighted by Crippen LogP contribution is 2.33. The summed E-state index contributed by atoms with van der Waals surface area (Å²) in [6, 6.07) is 2.64. The zero-order valence-corrected chi connectivity index (χ0v) is 12.6. The molecule has 0 aromatic carbocycles. The van der Waals surface area contributed by atoms with Gasteiger partial charge in [0.2, 0.25) is 0 Å². The first-order valence-electron chi connectivity index (χ1n) is 8.37. The average molecular weight is 291 g/mol. The molecule has 1 aromatic heterocycles. The van der Waals surface area contributed by atoms with Gasteiger partial charge in [0.05, 0.1) is 31.3 Å². The lowest BCUT2D eigenvalue weighted by atomic mass is 9.99. The van der Waals surface area contributed by atoms with Crippen LogP contribution in [0.4, 0.5) is 0 Å². The van der Waals surface area contributed by atoms with Gasteiger partial charge in [-0.1, -0.05) is 0 Å². The van der Waals surface area contributed by atoms with E-state index in [0.717, 1.165) is 45.1 Å². The molecule has 2 saturated heterocycles. The molecule has 4 heteroatoms.